The number of benzene rings is 2. The van der Waals surface area contributed by atoms with Crippen LogP contribution >= 0.6 is 11.6 Å². The van der Waals surface area contributed by atoms with Crippen molar-refractivity contribution in [3.63, 3.8) is 0 Å². The summed E-state index contributed by atoms with van der Waals surface area (Å²) in [7, 11) is 0. The number of likely N-dealkylation sites (tertiary alicyclic amines) is 1. The summed E-state index contributed by atoms with van der Waals surface area (Å²) in [6, 6.07) is 12.7. The van der Waals surface area contributed by atoms with Gasteiger partial charge in [0.15, 0.2) is 0 Å². The Morgan fingerprint density at radius 2 is 1.75 bits per heavy atom. The highest BCUT2D eigenvalue weighted by Gasteiger charge is 2.30. The molecule has 0 aliphatic carbocycles. The van der Waals surface area contributed by atoms with Gasteiger partial charge in [0.1, 0.15) is 0 Å². The van der Waals surface area contributed by atoms with E-state index in [9.17, 15) is 18.3 Å². The van der Waals surface area contributed by atoms with Crippen LogP contribution in [-0.4, -0.2) is 29.6 Å². The summed E-state index contributed by atoms with van der Waals surface area (Å²) in [5, 5.41) is 11.1. The summed E-state index contributed by atoms with van der Waals surface area (Å²) in [6.07, 6.45) is -0.923. The molecule has 6 heteroatoms. The Labute approximate surface area is 168 Å². The van der Waals surface area contributed by atoms with Crippen LogP contribution in [0.1, 0.15) is 42.1 Å². The van der Waals surface area contributed by atoms with Crippen LogP contribution in [0.3, 0.4) is 0 Å². The zero-order chi connectivity index (χ0) is 20.1. The molecular formula is C22H25ClF3NO. The SMILES string of the molecule is O[C@H](CN1CCC[C@@H](CCc2ccc(C(F)(F)F)cc2)C1)c1ccc(Cl)cc1. The molecule has 2 aromatic rings. The molecule has 1 fully saturated rings. The first-order valence-corrected chi connectivity index (χ1v) is 10.0. The number of piperidine rings is 1. The fraction of sp³-hybridized carbons (Fsp3) is 0.455. The van der Waals surface area contributed by atoms with E-state index in [4.69, 9.17) is 11.6 Å². The van der Waals surface area contributed by atoms with Gasteiger partial charge in [0.2, 0.25) is 0 Å². The maximum absolute atomic E-state index is 12.7. The molecule has 2 atom stereocenters. The molecule has 0 bridgehead atoms. The summed E-state index contributed by atoms with van der Waals surface area (Å²) in [6.45, 7) is 2.45. The van der Waals surface area contributed by atoms with Crippen molar-refractivity contribution in [2.45, 2.75) is 38.0 Å². The number of β-amino-alcohol motifs (C(OH)–C–C–N with tert-alkyl or cyclic N) is 1. The Balaban J connectivity index is 1.48. The van der Waals surface area contributed by atoms with Gasteiger partial charge in [0, 0.05) is 18.1 Å². The normalized spacial score (nSPS) is 19.5. The van der Waals surface area contributed by atoms with Gasteiger partial charge in [-0.1, -0.05) is 35.9 Å². The molecule has 1 aliphatic heterocycles. The van der Waals surface area contributed by atoms with E-state index < -0.39 is 17.8 Å². The van der Waals surface area contributed by atoms with Crippen molar-refractivity contribution in [2.75, 3.05) is 19.6 Å². The molecule has 0 saturated carbocycles. The van der Waals surface area contributed by atoms with Crippen LogP contribution in [0.25, 0.3) is 0 Å². The van der Waals surface area contributed by atoms with Gasteiger partial charge in [0.05, 0.1) is 11.7 Å². The zero-order valence-electron chi connectivity index (χ0n) is 15.6. The highest BCUT2D eigenvalue weighted by molar-refractivity contribution is 6.30. The number of nitrogens with zero attached hydrogens (tertiary/aromatic N) is 1. The van der Waals surface area contributed by atoms with Crippen LogP contribution in [-0.2, 0) is 12.6 Å². The summed E-state index contributed by atoms with van der Waals surface area (Å²) in [5.74, 6) is 0.494. The lowest BCUT2D eigenvalue weighted by Gasteiger charge is -2.34. The largest absolute Gasteiger partial charge is 0.416 e. The number of alkyl halides is 3. The molecule has 152 valence electrons. The van der Waals surface area contributed by atoms with Crippen LogP contribution in [0.5, 0.6) is 0 Å². The fourth-order valence-corrected chi connectivity index (χ4v) is 3.94. The molecule has 1 aliphatic rings. The maximum Gasteiger partial charge on any atom is 0.416 e. The number of aryl methyl sites for hydroxylation is 1. The van der Waals surface area contributed by atoms with Gasteiger partial charge in [-0.25, -0.2) is 0 Å². The van der Waals surface area contributed by atoms with Crippen molar-refractivity contribution in [3.05, 3.63) is 70.2 Å². The third kappa shape index (κ3) is 5.97. The van der Waals surface area contributed by atoms with Gasteiger partial charge in [-0.3, -0.25) is 0 Å². The van der Waals surface area contributed by atoms with Crippen molar-refractivity contribution in [1.82, 2.24) is 4.90 Å². The van der Waals surface area contributed by atoms with E-state index in [0.29, 0.717) is 17.5 Å². The highest BCUT2D eigenvalue weighted by atomic mass is 35.5. The Morgan fingerprint density at radius 3 is 2.39 bits per heavy atom. The number of halogens is 4. The van der Waals surface area contributed by atoms with Crippen LogP contribution in [0, 0.1) is 5.92 Å². The van der Waals surface area contributed by atoms with Gasteiger partial charge >= 0.3 is 6.18 Å². The molecule has 2 nitrogen and oxygen atoms in total. The molecule has 3 rings (SSSR count). The van der Waals surface area contributed by atoms with Crippen LogP contribution in [0.4, 0.5) is 13.2 Å². The van der Waals surface area contributed by atoms with E-state index in [0.717, 1.165) is 62.0 Å². The van der Waals surface area contributed by atoms with Gasteiger partial charge in [0.25, 0.3) is 0 Å². The Morgan fingerprint density at radius 1 is 1.07 bits per heavy atom. The first kappa shape index (κ1) is 21.2. The average molecular weight is 412 g/mol. The van der Waals surface area contributed by atoms with Crippen molar-refractivity contribution in [2.24, 2.45) is 5.92 Å². The second kappa shape index (κ2) is 9.29. The summed E-state index contributed by atoms with van der Waals surface area (Å²) in [5.41, 5.74) is 1.19. The number of aliphatic hydroxyl groups excluding tert-OH is 1. The summed E-state index contributed by atoms with van der Waals surface area (Å²) < 4.78 is 38.0. The van der Waals surface area contributed by atoms with Crippen LogP contribution in [0.15, 0.2) is 48.5 Å². The minimum atomic E-state index is -4.28. The molecule has 0 amide bonds. The molecule has 2 aromatic carbocycles. The Bertz CT molecular complexity index is 746. The third-order valence-electron chi connectivity index (χ3n) is 5.41. The van der Waals surface area contributed by atoms with E-state index in [2.05, 4.69) is 4.90 Å². The van der Waals surface area contributed by atoms with Gasteiger partial charge in [-0.05, 0) is 73.5 Å². The molecule has 1 N–H and O–H groups in total. The number of hydrogen-bond donors (Lipinski definition) is 1. The quantitative estimate of drug-likeness (QED) is 0.655. The van der Waals surface area contributed by atoms with Gasteiger partial charge < -0.3 is 10.0 Å². The van der Waals surface area contributed by atoms with E-state index in [1.807, 2.05) is 12.1 Å². The topological polar surface area (TPSA) is 23.5 Å². The molecule has 1 saturated heterocycles. The lowest BCUT2D eigenvalue weighted by Crippen LogP contribution is -2.38. The van der Waals surface area contributed by atoms with E-state index in [-0.39, 0.29) is 0 Å². The Kier molecular flexibility index (Phi) is 7.02. The van der Waals surface area contributed by atoms with Crippen LogP contribution < -0.4 is 0 Å². The molecule has 28 heavy (non-hydrogen) atoms. The minimum Gasteiger partial charge on any atom is -0.387 e. The lowest BCUT2D eigenvalue weighted by atomic mass is 9.91. The number of aliphatic hydroxyl groups is 1. The van der Waals surface area contributed by atoms with Crippen molar-refractivity contribution >= 4 is 11.6 Å². The van der Waals surface area contributed by atoms with E-state index in [1.54, 1.807) is 24.3 Å². The van der Waals surface area contributed by atoms with Gasteiger partial charge in [-0.15, -0.1) is 0 Å². The first-order chi connectivity index (χ1) is 13.3. The summed E-state index contributed by atoms with van der Waals surface area (Å²) in [4.78, 5) is 2.28. The minimum absolute atomic E-state index is 0.494. The van der Waals surface area contributed by atoms with Crippen molar-refractivity contribution in [3.8, 4) is 0 Å². The van der Waals surface area contributed by atoms with Crippen molar-refractivity contribution in [1.29, 1.82) is 0 Å². The van der Waals surface area contributed by atoms with E-state index >= 15 is 0 Å². The second-order valence-electron chi connectivity index (χ2n) is 7.57. The molecule has 0 aromatic heterocycles. The third-order valence-corrected chi connectivity index (χ3v) is 5.66. The smallest absolute Gasteiger partial charge is 0.387 e. The predicted molar refractivity (Wildman–Crippen MR) is 105 cm³/mol. The molecule has 1 heterocycles. The standard InChI is InChI=1S/C22H25ClF3NO/c23-20-11-7-18(8-12-20)21(28)15-27-13-1-2-17(14-27)4-3-16-5-9-19(10-6-16)22(24,25)26/h5-12,17,21,28H,1-4,13-15H2/t17-,21+/m0/s1. The van der Waals surface area contributed by atoms with Gasteiger partial charge in [-0.2, -0.15) is 13.2 Å². The molecule has 0 unspecified atom stereocenters. The average Bonchev–Trinajstić information content (AvgIpc) is 2.67. The number of hydrogen-bond acceptors (Lipinski definition) is 2. The first-order valence-electron chi connectivity index (χ1n) is 9.63. The molecule has 0 radical (unpaired) electrons. The summed E-state index contributed by atoms with van der Waals surface area (Å²) >= 11 is 5.90. The number of rotatable bonds is 6. The maximum atomic E-state index is 12.7. The van der Waals surface area contributed by atoms with Crippen LogP contribution in [0.2, 0.25) is 5.02 Å². The zero-order valence-corrected chi connectivity index (χ0v) is 16.4. The lowest BCUT2D eigenvalue weighted by molar-refractivity contribution is -0.137. The molecular weight excluding hydrogens is 387 g/mol. The predicted octanol–water partition coefficient (Wildman–Crippen LogP) is 5.74. The highest BCUT2D eigenvalue weighted by Crippen LogP contribution is 2.30. The van der Waals surface area contributed by atoms with Crippen molar-refractivity contribution < 1.29 is 18.3 Å². The second-order valence-corrected chi connectivity index (χ2v) is 8.00. The molecule has 0 spiro atoms. The Hall–Kier alpha value is -1.56. The monoisotopic (exact) mass is 411 g/mol. The van der Waals surface area contributed by atoms with E-state index in [1.165, 1.54) is 0 Å². The fourth-order valence-electron chi connectivity index (χ4n) is 3.82.